The lowest BCUT2D eigenvalue weighted by Crippen LogP contribution is -2.39. The Balaban J connectivity index is 1.22. The zero-order valence-corrected chi connectivity index (χ0v) is 18.0. The summed E-state index contributed by atoms with van der Waals surface area (Å²) in [5.74, 6) is 0.491. The number of aromatic amines is 1. The van der Waals surface area contributed by atoms with E-state index in [1.807, 2.05) is 0 Å². The highest BCUT2D eigenvalue weighted by Gasteiger charge is 2.38. The third-order valence-corrected chi connectivity index (χ3v) is 6.55. The van der Waals surface area contributed by atoms with Gasteiger partial charge in [0.15, 0.2) is 5.75 Å². The largest absolute Gasteiger partial charge is 0.482 e. The van der Waals surface area contributed by atoms with Gasteiger partial charge in [-0.05, 0) is 68.4 Å². The van der Waals surface area contributed by atoms with Gasteiger partial charge < -0.3 is 19.8 Å². The molecule has 2 aromatic carbocycles. The monoisotopic (exact) mass is 456 g/mol. The molecule has 2 fully saturated rings. The summed E-state index contributed by atoms with van der Waals surface area (Å²) >= 11 is 0. The summed E-state index contributed by atoms with van der Waals surface area (Å²) in [6.07, 6.45) is 0.284. The number of carbonyl (C=O) groups is 1. The molecule has 2 heterocycles. The normalized spacial score (nSPS) is 24.8. The van der Waals surface area contributed by atoms with Gasteiger partial charge in [-0.3, -0.25) is 4.79 Å². The Hall–Kier alpha value is -3.18. The van der Waals surface area contributed by atoms with Crippen molar-refractivity contribution in [2.24, 2.45) is 0 Å². The summed E-state index contributed by atoms with van der Waals surface area (Å²) in [6.45, 7) is 2.37. The molecule has 8 heteroatoms. The topological polar surface area (TPSA) is 63.4 Å². The Kier molecular flexibility index (Phi) is 5.25. The molecule has 1 saturated carbocycles. The standard InChI is InChI=1S/C25H23F3N2O3/c1-24(9-2-10-32-24)23(31)30-22-14-29-21-8-7-18(13-20(21)22)33-19-11-16(12-19)15-3-5-17(6-4-15)25(26,27)28/h3-6,13-14,16,19,29H,2,9-12H2,1H3,(H,30,31). The molecule has 1 amide bonds. The molecule has 2 N–H and O–H groups in total. The Morgan fingerprint density at radius 3 is 2.67 bits per heavy atom. The second-order valence-corrected chi connectivity index (χ2v) is 8.91. The van der Waals surface area contributed by atoms with Gasteiger partial charge in [-0.2, -0.15) is 13.2 Å². The number of ether oxygens (including phenoxy) is 2. The number of halogens is 3. The lowest BCUT2D eigenvalue weighted by Gasteiger charge is -2.35. The summed E-state index contributed by atoms with van der Waals surface area (Å²) in [5, 5.41) is 3.70. The van der Waals surface area contributed by atoms with Crippen LogP contribution >= 0.6 is 0 Å². The fraction of sp³-hybridized carbons (Fsp3) is 0.400. The lowest BCUT2D eigenvalue weighted by molar-refractivity contribution is -0.137. The van der Waals surface area contributed by atoms with Gasteiger partial charge in [0.1, 0.15) is 11.7 Å². The molecule has 172 valence electrons. The third-order valence-electron chi connectivity index (χ3n) is 6.55. The first-order valence-electron chi connectivity index (χ1n) is 11.0. The molecule has 33 heavy (non-hydrogen) atoms. The van der Waals surface area contributed by atoms with E-state index in [0.717, 1.165) is 29.5 Å². The summed E-state index contributed by atoms with van der Waals surface area (Å²) in [6, 6.07) is 13.1. The number of H-pyrrole nitrogens is 1. The number of amides is 1. The van der Waals surface area contributed by atoms with Crippen LogP contribution in [0.5, 0.6) is 5.75 Å². The molecule has 0 spiro atoms. The van der Waals surface area contributed by atoms with Crippen molar-refractivity contribution in [2.75, 3.05) is 11.9 Å². The van der Waals surface area contributed by atoms with Gasteiger partial charge in [0, 0.05) is 24.3 Å². The third kappa shape index (κ3) is 4.25. The van der Waals surface area contributed by atoms with Crippen molar-refractivity contribution in [1.29, 1.82) is 0 Å². The van der Waals surface area contributed by atoms with E-state index < -0.39 is 17.3 Å². The minimum Gasteiger partial charge on any atom is -0.482 e. The van der Waals surface area contributed by atoms with Crippen molar-refractivity contribution in [3.8, 4) is 5.75 Å². The van der Waals surface area contributed by atoms with E-state index in [0.29, 0.717) is 42.8 Å². The summed E-state index contributed by atoms with van der Waals surface area (Å²) in [7, 11) is 0. The summed E-state index contributed by atoms with van der Waals surface area (Å²) in [4.78, 5) is 15.8. The maximum Gasteiger partial charge on any atom is 0.416 e. The predicted molar refractivity (Wildman–Crippen MR) is 116 cm³/mol. The SMILES string of the molecule is CC1(C(=O)Nc2c[nH]c3c#cc(OC4CC(c5ccc(C(F)(F)F)cc5)C4)cc23)CCCO1. The van der Waals surface area contributed by atoms with Gasteiger partial charge >= 0.3 is 6.18 Å². The van der Waals surface area contributed by atoms with Crippen LogP contribution in [0.2, 0.25) is 0 Å². The van der Waals surface area contributed by atoms with Crippen LogP contribution in [0.4, 0.5) is 18.9 Å². The Labute approximate surface area is 189 Å². The van der Waals surface area contributed by atoms with Crippen LogP contribution in [0.1, 0.15) is 49.7 Å². The van der Waals surface area contributed by atoms with E-state index in [-0.39, 0.29) is 17.9 Å². The minimum absolute atomic E-state index is 0.0535. The van der Waals surface area contributed by atoms with Crippen molar-refractivity contribution >= 4 is 22.5 Å². The second kappa shape index (κ2) is 7.99. The molecule has 1 saturated heterocycles. The first-order valence-corrected chi connectivity index (χ1v) is 11.0. The molecule has 5 nitrogen and oxygen atoms in total. The highest BCUT2D eigenvalue weighted by molar-refractivity contribution is 6.04. The van der Waals surface area contributed by atoms with Crippen molar-refractivity contribution in [2.45, 2.75) is 56.4 Å². The molecule has 1 unspecified atom stereocenters. The second-order valence-electron chi connectivity index (χ2n) is 8.91. The fourth-order valence-electron chi connectivity index (χ4n) is 4.42. The van der Waals surface area contributed by atoms with E-state index >= 15 is 0 Å². The molecule has 1 aliphatic carbocycles. The van der Waals surface area contributed by atoms with Crippen LogP contribution in [-0.2, 0) is 15.7 Å². The number of nitrogens with one attached hydrogen (secondary N) is 2. The minimum atomic E-state index is -4.33. The Morgan fingerprint density at radius 2 is 2.00 bits per heavy atom. The van der Waals surface area contributed by atoms with Crippen LogP contribution < -0.4 is 10.1 Å². The molecule has 1 aliphatic heterocycles. The Bertz CT molecular complexity index is 1160. The van der Waals surface area contributed by atoms with E-state index in [1.54, 1.807) is 31.3 Å². The van der Waals surface area contributed by atoms with Crippen LogP contribution in [-0.4, -0.2) is 29.2 Å². The quantitative estimate of drug-likeness (QED) is 0.524. The van der Waals surface area contributed by atoms with Crippen LogP contribution in [0.25, 0.3) is 10.9 Å². The van der Waals surface area contributed by atoms with Gasteiger partial charge in [-0.1, -0.05) is 12.1 Å². The molecule has 0 radical (unpaired) electrons. The number of rotatable bonds is 5. The van der Waals surface area contributed by atoms with E-state index in [9.17, 15) is 18.0 Å². The zero-order chi connectivity index (χ0) is 23.2. The molecular formula is C25H23F3N2O3. The van der Waals surface area contributed by atoms with E-state index in [1.165, 1.54) is 0 Å². The molecular weight excluding hydrogens is 433 g/mol. The van der Waals surface area contributed by atoms with Crippen LogP contribution in [0.3, 0.4) is 0 Å². The molecule has 0 bridgehead atoms. The van der Waals surface area contributed by atoms with Gasteiger partial charge in [0.25, 0.3) is 5.91 Å². The van der Waals surface area contributed by atoms with Gasteiger partial charge in [0.2, 0.25) is 0 Å². The lowest BCUT2D eigenvalue weighted by atomic mass is 9.77. The number of hydrogen-bond donors (Lipinski definition) is 2. The smallest absolute Gasteiger partial charge is 0.416 e. The van der Waals surface area contributed by atoms with Crippen molar-refractivity contribution in [3.05, 3.63) is 59.8 Å². The zero-order valence-electron chi connectivity index (χ0n) is 18.0. The van der Waals surface area contributed by atoms with Crippen molar-refractivity contribution in [3.63, 3.8) is 0 Å². The molecule has 1 aromatic heterocycles. The predicted octanol–water partition coefficient (Wildman–Crippen LogP) is 5.62. The number of hydrogen-bond acceptors (Lipinski definition) is 3. The maximum atomic E-state index is 12.7. The van der Waals surface area contributed by atoms with Gasteiger partial charge in [-0.25, -0.2) is 0 Å². The highest BCUT2D eigenvalue weighted by atomic mass is 19.4. The fourth-order valence-corrected chi connectivity index (χ4v) is 4.42. The Morgan fingerprint density at radius 1 is 1.24 bits per heavy atom. The molecule has 5 rings (SSSR count). The number of benzene rings is 1. The number of anilines is 1. The number of carbonyl (C=O) groups excluding carboxylic acids is 1. The van der Waals surface area contributed by atoms with E-state index in [2.05, 4.69) is 22.4 Å². The van der Waals surface area contributed by atoms with Crippen LogP contribution in [0, 0.1) is 12.1 Å². The van der Waals surface area contributed by atoms with Gasteiger partial charge in [0.05, 0.1) is 16.8 Å². The molecule has 3 aromatic rings. The maximum absolute atomic E-state index is 12.7. The average molecular weight is 456 g/mol. The number of alkyl halides is 3. The number of aromatic nitrogens is 1. The molecule has 2 aliphatic rings. The summed E-state index contributed by atoms with van der Waals surface area (Å²) in [5.41, 5.74) is 0.739. The summed E-state index contributed by atoms with van der Waals surface area (Å²) < 4.78 is 49.9. The first kappa shape index (κ1) is 21.7. The highest BCUT2D eigenvalue weighted by Crippen LogP contribution is 2.40. The van der Waals surface area contributed by atoms with Gasteiger partial charge in [-0.15, -0.1) is 0 Å². The van der Waals surface area contributed by atoms with E-state index in [4.69, 9.17) is 9.47 Å². The average Bonchev–Trinajstić information content (AvgIpc) is 3.37. The van der Waals surface area contributed by atoms with Crippen molar-refractivity contribution < 1.29 is 27.4 Å². The van der Waals surface area contributed by atoms with Crippen LogP contribution in [0.15, 0.2) is 36.5 Å². The van der Waals surface area contributed by atoms with Crippen molar-refractivity contribution in [1.82, 2.24) is 4.98 Å². The first-order chi connectivity index (χ1) is 15.7. The molecule has 1 atom stereocenters. The number of fused-ring (bicyclic) bond motifs is 1.